The Bertz CT molecular complexity index is 3650. The summed E-state index contributed by atoms with van der Waals surface area (Å²) in [6.07, 6.45) is 0. The molecule has 294 valence electrons. The number of aromatic nitrogens is 3. The van der Waals surface area contributed by atoms with Crippen molar-refractivity contribution in [1.82, 2.24) is 15.0 Å². The third-order valence-electron chi connectivity index (χ3n) is 12.1. The molecule has 3 aromatic heterocycles. The highest BCUT2D eigenvalue weighted by Gasteiger charge is 2.17. The molecule has 0 fully saturated rings. The van der Waals surface area contributed by atoms with Gasteiger partial charge in [0, 0.05) is 54.7 Å². The zero-order valence-electron chi connectivity index (χ0n) is 34.1. The Balaban J connectivity index is 0.904. The Kier molecular flexibility index (Phi) is 8.79. The maximum atomic E-state index is 6.37. The van der Waals surface area contributed by atoms with Crippen LogP contribution < -0.4 is 0 Å². The van der Waals surface area contributed by atoms with E-state index < -0.39 is 0 Å². The van der Waals surface area contributed by atoms with Gasteiger partial charge in [-0.25, -0.2) is 15.0 Å². The van der Waals surface area contributed by atoms with E-state index in [2.05, 4.69) is 194 Å². The highest BCUT2D eigenvalue weighted by Crippen LogP contribution is 2.40. The first-order valence-corrected chi connectivity index (χ1v) is 21.3. The van der Waals surface area contributed by atoms with Crippen molar-refractivity contribution in [1.29, 1.82) is 0 Å². The van der Waals surface area contributed by atoms with Crippen LogP contribution in [0.5, 0.6) is 0 Å². The van der Waals surface area contributed by atoms with E-state index in [9.17, 15) is 0 Å². The Labute approximate surface area is 364 Å². The Morgan fingerprint density at radius 2 is 0.841 bits per heavy atom. The molecule has 0 bridgehead atoms. The van der Waals surface area contributed by atoms with Gasteiger partial charge < -0.3 is 4.42 Å². The molecule has 0 unspecified atom stereocenters. The molecular weight excluding hydrogens is 767 g/mol. The fourth-order valence-electron chi connectivity index (χ4n) is 9.01. The van der Waals surface area contributed by atoms with Crippen molar-refractivity contribution < 1.29 is 4.42 Å². The number of furan rings is 1. The van der Waals surface area contributed by atoms with Crippen LogP contribution in [0.1, 0.15) is 0 Å². The van der Waals surface area contributed by atoms with Crippen molar-refractivity contribution in [3.63, 3.8) is 0 Å². The van der Waals surface area contributed by atoms with Gasteiger partial charge in [-0.3, -0.25) is 0 Å². The second kappa shape index (κ2) is 15.2. The number of hydrogen-bond acceptors (Lipinski definition) is 4. The van der Waals surface area contributed by atoms with Crippen LogP contribution in [0.25, 0.3) is 122 Å². The molecule has 0 spiro atoms. The van der Waals surface area contributed by atoms with E-state index in [-0.39, 0.29) is 0 Å². The van der Waals surface area contributed by atoms with Crippen LogP contribution in [0.15, 0.2) is 229 Å². The maximum absolute atomic E-state index is 6.37. The summed E-state index contributed by atoms with van der Waals surface area (Å²) >= 11 is 0. The summed E-state index contributed by atoms with van der Waals surface area (Å²) in [6.45, 7) is 0. The maximum Gasteiger partial charge on any atom is 0.160 e. The molecule has 0 saturated carbocycles. The van der Waals surface area contributed by atoms with Crippen LogP contribution in [0.4, 0.5) is 0 Å². The van der Waals surface area contributed by atoms with Crippen LogP contribution in [0.3, 0.4) is 0 Å². The number of benzene rings is 9. The van der Waals surface area contributed by atoms with E-state index in [1.807, 2.05) is 30.3 Å². The van der Waals surface area contributed by atoms with Crippen molar-refractivity contribution in [2.45, 2.75) is 0 Å². The van der Waals surface area contributed by atoms with E-state index in [0.29, 0.717) is 5.82 Å². The molecule has 0 aliphatic heterocycles. The van der Waals surface area contributed by atoms with E-state index >= 15 is 0 Å². The molecule has 0 saturated heterocycles. The largest absolute Gasteiger partial charge is 0.455 e. The van der Waals surface area contributed by atoms with Gasteiger partial charge in [-0.15, -0.1) is 0 Å². The van der Waals surface area contributed by atoms with Crippen LogP contribution in [-0.4, -0.2) is 15.0 Å². The zero-order chi connectivity index (χ0) is 41.7. The van der Waals surface area contributed by atoms with Gasteiger partial charge >= 0.3 is 0 Å². The van der Waals surface area contributed by atoms with Crippen molar-refractivity contribution in [3.8, 4) is 78.5 Å². The molecule has 4 heteroatoms. The van der Waals surface area contributed by atoms with Crippen molar-refractivity contribution >= 4 is 43.6 Å². The quantitative estimate of drug-likeness (QED) is 0.151. The van der Waals surface area contributed by atoms with E-state index in [0.717, 1.165) is 105 Å². The van der Waals surface area contributed by atoms with Crippen LogP contribution in [0, 0.1) is 0 Å². The minimum atomic E-state index is 0.684. The Morgan fingerprint density at radius 1 is 0.302 bits per heavy atom. The van der Waals surface area contributed by atoms with Gasteiger partial charge in [-0.1, -0.05) is 200 Å². The molecule has 0 amide bonds. The van der Waals surface area contributed by atoms with Crippen molar-refractivity contribution in [2.75, 3.05) is 0 Å². The van der Waals surface area contributed by atoms with Gasteiger partial charge in [0.05, 0.1) is 22.6 Å². The first-order valence-electron chi connectivity index (χ1n) is 21.3. The topological polar surface area (TPSA) is 51.8 Å². The lowest BCUT2D eigenvalue weighted by Gasteiger charge is -2.15. The number of rotatable bonds is 7. The standard InChI is InChI=1S/C59H37N3O/c1-3-14-42(15-4-1)57-51-25-12-22-46(56(51)50-21-7-9-26-52(50)60-57)45-19-11-18-44(36-45)38-28-32-40(33-29-38)53-37-54(62-59(61-53)43-16-5-2-6-17-43)41-34-30-39(31-35-41)47-23-13-24-49-48-20-8-10-27-55(48)63-58(47)49/h1-37H. The lowest BCUT2D eigenvalue weighted by atomic mass is 9.91. The van der Waals surface area contributed by atoms with Gasteiger partial charge in [0.25, 0.3) is 0 Å². The van der Waals surface area contributed by atoms with Crippen LogP contribution in [0.2, 0.25) is 0 Å². The summed E-state index contributed by atoms with van der Waals surface area (Å²) in [5.74, 6) is 0.684. The molecule has 12 rings (SSSR count). The molecule has 0 aliphatic carbocycles. The number of para-hydroxylation sites is 3. The van der Waals surface area contributed by atoms with Crippen molar-refractivity contribution in [2.24, 2.45) is 0 Å². The molecule has 0 N–H and O–H groups in total. The molecule has 3 heterocycles. The van der Waals surface area contributed by atoms with E-state index in [1.165, 1.54) is 10.9 Å². The summed E-state index contributed by atoms with van der Waals surface area (Å²) in [6, 6.07) is 78.6. The number of pyridine rings is 1. The highest BCUT2D eigenvalue weighted by molar-refractivity contribution is 6.17. The number of nitrogens with zero attached hydrogens (tertiary/aromatic N) is 3. The second-order valence-electron chi connectivity index (χ2n) is 15.9. The summed E-state index contributed by atoms with van der Waals surface area (Å²) in [4.78, 5) is 15.4. The summed E-state index contributed by atoms with van der Waals surface area (Å²) in [5.41, 5.74) is 16.4. The molecule has 12 aromatic rings. The molecule has 0 atom stereocenters. The fourth-order valence-corrected chi connectivity index (χ4v) is 9.01. The van der Waals surface area contributed by atoms with Gasteiger partial charge in [-0.05, 0) is 52.1 Å². The average molecular weight is 804 g/mol. The highest BCUT2D eigenvalue weighted by atomic mass is 16.3. The normalized spacial score (nSPS) is 11.5. The first-order chi connectivity index (χ1) is 31.2. The lowest BCUT2D eigenvalue weighted by molar-refractivity contribution is 0.670. The minimum absolute atomic E-state index is 0.684. The van der Waals surface area contributed by atoms with E-state index in [1.54, 1.807) is 0 Å². The molecular formula is C59H37N3O. The van der Waals surface area contributed by atoms with Gasteiger partial charge in [0.1, 0.15) is 11.2 Å². The summed E-state index contributed by atoms with van der Waals surface area (Å²) < 4.78 is 6.37. The first kappa shape index (κ1) is 36.4. The molecule has 0 aliphatic rings. The smallest absolute Gasteiger partial charge is 0.160 e. The zero-order valence-corrected chi connectivity index (χ0v) is 34.1. The van der Waals surface area contributed by atoms with Gasteiger partial charge in [0.2, 0.25) is 0 Å². The third-order valence-corrected chi connectivity index (χ3v) is 12.1. The fraction of sp³-hybridized carbons (Fsp3) is 0. The number of hydrogen-bond donors (Lipinski definition) is 0. The third kappa shape index (κ3) is 6.53. The Hall–Kier alpha value is -8.47. The molecule has 0 radical (unpaired) electrons. The SMILES string of the molecule is c1ccc(-c2nc(-c3ccc(-c4cccc(-c5cccc6c(-c7ccccc7)nc7ccccc7c56)c4)cc3)cc(-c3ccc(-c4cccc5c4oc4ccccc45)cc3)n2)cc1. The monoisotopic (exact) mass is 803 g/mol. The second-order valence-corrected chi connectivity index (χ2v) is 15.9. The summed E-state index contributed by atoms with van der Waals surface area (Å²) in [5, 5.41) is 5.74. The molecule has 4 nitrogen and oxygen atoms in total. The van der Waals surface area contributed by atoms with Gasteiger partial charge in [-0.2, -0.15) is 0 Å². The predicted molar refractivity (Wildman–Crippen MR) is 260 cm³/mol. The van der Waals surface area contributed by atoms with Crippen LogP contribution >= 0.6 is 0 Å². The number of fused-ring (bicyclic) bond motifs is 6. The minimum Gasteiger partial charge on any atom is -0.455 e. The predicted octanol–water partition coefficient (Wildman–Crippen LogP) is 15.7. The molecule has 9 aromatic carbocycles. The average Bonchev–Trinajstić information content (AvgIpc) is 3.76. The van der Waals surface area contributed by atoms with Crippen molar-refractivity contribution in [3.05, 3.63) is 224 Å². The van der Waals surface area contributed by atoms with E-state index in [4.69, 9.17) is 19.4 Å². The molecule has 63 heavy (non-hydrogen) atoms. The Morgan fingerprint density at radius 3 is 1.59 bits per heavy atom. The summed E-state index contributed by atoms with van der Waals surface area (Å²) in [7, 11) is 0. The lowest BCUT2D eigenvalue weighted by Crippen LogP contribution is -1.96. The van der Waals surface area contributed by atoms with Crippen LogP contribution in [-0.2, 0) is 0 Å². The van der Waals surface area contributed by atoms with Gasteiger partial charge in [0.15, 0.2) is 5.82 Å².